The van der Waals surface area contributed by atoms with Crippen LogP contribution >= 0.6 is 0 Å². The molecule has 0 bridgehead atoms. The van der Waals surface area contributed by atoms with Crippen molar-refractivity contribution in [1.29, 1.82) is 0 Å². The van der Waals surface area contributed by atoms with Crippen molar-refractivity contribution in [2.45, 2.75) is 69.2 Å². The first-order chi connectivity index (χ1) is 9.48. The molecule has 0 heterocycles. The third-order valence-corrected chi connectivity index (χ3v) is 7.07. The maximum absolute atomic E-state index is 2.61. The zero-order chi connectivity index (χ0) is 16.3. The quantitative estimate of drug-likeness (QED) is 0.536. The number of hydrogen-bond donors (Lipinski definition) is 0. The predicted octanol–water partition coefficient (Wildman–Crippen LogP) is 5.77. The van der Waals surface area contributed by atoms with Gasteiger partial charge in [0.15, 0.2) is 0 Å². The van der Waals surface area contributed by atoms with Crippen molar-refractivity contribution in [2.24, 2.45) is 10.8 Å². The summed E-state index contributed by atoms with van der Waals surface area (Å²) in [7, 11) is 0. The molecule has 0 saturated carbocycles. The molecule has 0 atom stereocenters. The van der Waals surface area contributed by atoms with E-state index in [9.17, 15) is 0 Å². The third kappa shape index (κ3) is 2.43. The van der Waals surface area contributed by atoms with Crippen LogP contribution in [0, 0.1) is 17.3 Å². The Balaban J connectivity index is 0.00000242. The molecular weight excluding hydrogens is 343 g/mol. The average Bonchev–Trinajstić information content (AvgIpc) is 2.67. The molecule has 2 aliphatic rings. The molecular formula is C21H34Zr-. The summed E-state index contributed by atoms with van der Waals surface area (Å²) in [5.41, 5.74) is 12.1. The minimum atomic E-state index is 0. The van der Waals surface area contributed by atoms with Crippen LogP contribution in [0.5, 0.6) is 0 Å². The molecule has 0 amide bonds. The molecule has 0 aromatic heterocycles. The van der Waals surface area contributed by atoms with Crippen molar-refractivity contribution in [3.05, 3.63) is 51.0 Å². The molecule has 22 heavy (non-hydrogen) atoms. The van der Waals surface area contributed by atoms with Gasteiger partial charge in [0, 0.05) is 0 Å². The van der Waals surface area contributed by atoms with Gasteiger partial charge in [-0.2, -0.15) is 0 Å². The molecule has 2 rings (SSSR count). The second-order valence-corrected chi connectivity index (χ2v) is 7.55. The van der Waals surface area contributed by atoms with Crippen molar-refractivity contribution in [3.63, 3.8) is 0 Å². The number of rotatable bonds is 2. The summed E-state index contributed by atoms with van der Waals surface area (Å²) in [5.74, 6) is 0. The van der Waals surface area contributed by atoms with Gasteiger partial charge in [0.1, 0.15) is 0 Å². The molecule has 0 saturated heterocycles. The summed E-state index contributed by atoms with van der Waals surface area (Å²) in [5, 5.41) is 0. The van der Waals surface area contributed by atoms with Crippen molar-refractivity contribution in [1.82, 2.24) is 0 Å². The van der Waals surface area contributed by atoms with Crippen molar-refractivity contribution in [3.8, 4) is 0 Å². The Hall–Kier alpha value is -0.157. The van der Waals surface area contributed by atoms with E-state index in [-0.39, 0.29) is 37.0 Å². The van der Waals surface area contributed by atoms with E-state index < -0.39 is 0 Å². The molecule has 0 radical (unpaired) electrons. The van der Waals surface area contributed by atoms with Crippen LogP contribution in [0.2, 0.25) is 0 Å². The SMILES string of the molecule is CC1=C(C)C(C)([CH-]C2(C)C(C)=C(C)C(C)=C2C)C(C)=C1C.[ZrH3]. The summed E-state index contributed by atoms with van der Waals surface area (Å²) in [6, 6.07) is 0. The topological polar surface area (TPSA) is 0 Å². The standard InChI is InChI=1S/C21H31.Zr.3H/c1-12-13(2)17(6)20(9,16(12)5)11-21(10)18(7)14(3)15(4)19(21)8;;;;/h11H,1-10H3;;;;/q-1;;;;. The Kier molecular flexibility index (Phi) is 5.47. The van der Waals surface area contributed by atoms with Crippen molar-refractivity contribution in [2.75, 3.05) is 0 Å². The van der Waals surface area contributed by atoms with Gasteiger partial charge in [0.2, 0.25) is 0 Å². The molecule has 0 aromatic carbocycles. The fourth-order valence-electron chi connectivity index (χ4n) is 4.26. The van der Waals surface area contributed by atoms with Crippen LogP contribution in [0.15, 0.2) is 44.6 Å². The Bertz CT molecular complexity index is 531. The van der Waals surface area contributed by atoms with Gasteiger partial charge in [0.05, 0.1) is 0 Å². The van der Waals surface area contributed by atoms with E-state index in [0.29, 0.717) is 0 Å². The van der Waals surface area contributed by atoms with Crippen LogP contribution in [0.4, 0.5) is 0 Å². The molecule has 0 N–H and O–H groups in total. The zero-order valence-electron chi connectivity index (χ0n) is 16.6. The first-order valence-electron chi connectivity index (χ1n) is 8.08. The van der Waals surface area contributed by atoms with Gasteiger partial charge in [-0.3, -0.25) is 0 Å². The van der Waals surface area contributed by atoms with Crippen molar-refractivity contribution < 1.29 is 26.2 Å². The van der Waals surface area contributed by atoms with Gasteiger partial charge >= 0.3 is 26.2 Å². The summed E-state index contributed by atoms with van der Waals surface area (Å²) in [6.07, 6.45) is 2.61. The van der Waals surface area contributed by atoms with E-state index in [1.807, 2.05) is 0 Å². The van der Waals surface area contributed by atoms with Gasteiger partial charge in [-0.05, 0) is 55.4 Å². The molecule has 1 heteroatoms. The summed E-state index contributed by atoms with van der Waals surface area (Å²) >= 11 is 0. The Morgan fingerprint density at radius 1 is 0.500 bits per heavy atom. The monoisotopic (exact) mass is 376 g/mol. The molecule has 0 nitrogen and oxygen atoms in total. The third-order valence-electron chi connectivity index (χ3n) is 7.07. The minimum absolute atomic E-state index is 0. The normalized spacial score (nSPS) is 23.7. The molecule has 0 unspecified atom stereocenters. The van der Waals surface area contributed by atoms with Crippen LogP contribution in [-0.2, 0) is 26.2 Å². The fourth-order valence-corrected chi connectivity index (χ4v) is 4.26. The van der Waals surface area contributed by atoms with Gasteiger partial charge in [-0.25, -0.2) is 0 Å². The molecule has 0 fully saturated rings. The first kappa shape index (κ1) is 19.9. The van der Waals surface area contributed by atoms with E-state index in [0.717, 1.165) is 0 Å². The van der Waals surface area contributed by atoms with Crippen molar-refractivity contribution >= 4 is 0 Å². The second-order valence-electron chi connectivity index (χ2n) is 7.55. The molecule has 2 aliphatic carbocycles. The Morgan fingerprint density at radius 2 is 0.682 bits per heavy atom. The van der Waals surface area contributed by atoms with E-state index in [1.54, 1.807) is 0 Å². The van der Waals surface area contributed by atoms with Gasteiger partial charge in [-0.1, -0.05) is 58.4 Å². The Morgan fingerprint density at radius 3 is 0.864 bits per heavy atom. The van der Waals surface area contributed by atoms with Gasteiger partial charge in [-0.15, -0.1) is 10.8 Å². The van der Waals surface area contributed by atoms with E-state index in [2.05, 4.69) is 75.7 Å². The zero-order valence-corrected chi connectivity index (χ0v) is 21.5. The fraction of sp³-hybridized carbons (Fsp3) is 0.571. The van der Waals surface area contributed by atoms with E-state index in [1.165, 1.54) is 44.6 Å². The van der Waals surface area contributed by atoms with Crippen LogP contribution in [0.3, 0.4) is 0 Å². The van der Waals surface area contributed by atoms with Gasteiger partial charge in [0.25, 0.3) is 0 Å². The summed E-state index contributed by atoms with van der Waals surface area (Å²) < 4.78 is 0. The molecule has 0 aromatic rings. The molecule has 0 aliphatic heterocycles. The predicted molar refractivity (Wildman–Crippen MR) is 98.2 cm³/mol. The average molecular weight is 378 g/mol. The van der Waals surface area contributed by atoms with Crippen LogP contribution in [0.1, 0.15) is 69.2 Å². The van der Waals surface area contributed by atoms with Crippen LogP contribution in [0.25, 0.3) is 0 Å². The summed E-state index contributed by atoms with van der Waals surface area (Å²) in [6.45, 7) is 23.1. The molecule has 0 spiro atoms. The van der Waals surface area contributed by atoms with E-state index in [4.69, 9.17) is 0 Å². The first-order valence-corrected chi connectivity index (χ1v) is 8.08. The summed E-state index contributed by atoms with van der Waals surface area (Å²) in [4.78, 5) is 0. The Labute approximate surface area is 157 Å². The van der Waals surface area contributed by atoms with E-state index >= 15 is 0 Å². The van der Waals surface area contributed by atoms with Gasteiger partial charge < -0.3 is 6.42 Å². The number of hydrogen-bond acceptors (Lipinski definition) is 0. The van der Waals surface area contributed by atoms with Crippen LogP contribution in [-0.4, -0.2) is 0 Å². The number of allylic oxidation sites excluding steroid dienone is 8. The maximum atomic E-state index is 2.61. The molecule has 123 valence electrons. The second kappa shape index (κ2) is 6.05. The van der Waals surface area contributed by atoms with Crippen LogP contribution < -0.4 is 0 Å².